The van der Waals surface area contributed by atoms with Gasteiger partial charge in [0.2, 0.25) is 11.9 Å². The second-order valence-corrected chi connectivity index (χ2v) is 6.31. The summed E-state index contributed by atoms with van der Waals surface area (Å²) in [5.41, 5.74) is 1.16. The van der Waals surface area contributed by atoms with Gasteiger partial charge in [-0.05, 0) is 24.0 Å². The molecule has 1 fully saturated rings. The van der Waals surface area contributed by atoms with Crippen LogP contribution in [-0.2, 0) is 18.4 Å². The third kappa shape index (κ3) is 2.98. The van der Waals surface area contributed by atoms with Gasteiger partial charge in [-0.1, -0.05) is 12.1 Å². The number of carbonyl (C=O) groups excluding carboxylic acids is 1. The molecular formula is C17H20F2N4O. The van der Waals surface area contributed by atoms with Crippen LogP contribution in [0.4, 0.5) is 14.7 Å². The van der Waals surface area contributed by atoms with E-state index in [-0.39, 0.29) is 23.3 Å². The summed E-state index contributed by atoms with van der Waals surface area (Å²) in [4.78, 5) is 18.4. The number of aromatic nitrogens is 2. The summed E-state index contributed by atoms with van der Waals surface area (Å²) < 4.78 is 29.0. The maximum absolute atomic E-state index is 13.8. The van der Waals surface area contributed by atoms with Gasteiger partial charge >= 0.3 is 0 Å². The summed E-state index contributed by atoms with van der Waals surface area (Å²) in [7, 11) is 5.67. The van der Waals surface area contributed by atoms with E-state index in [9.17, 15) is 13.6 Å². The van der Waals surface area contributed by atoms with Crippen molar-refractivity contribution in [1.29, 1.82) is 0 Å². The zero-order valence-electron chi connectivity index (χ0n) is 13.9. The molecule has 1 saturated carbocycles. The number of benzene rings is 1. The molecule has 0 aliphatic heterocycles. The quantitative estimate of drug-likeness (QED) is 0.912. The summed E-state index contributed by atoms with van der Waals surface area (Å²) in [6, 6.07) is 4.10. The Morgan fingerprint density at radius 3 is 2.83 bits per heavy atom. The van der Waals surface area contributed by atoms with Gasteiger partial charge in [0.1, 0.15) is 0 Å². The fourth-order valence-electron chi connectivity index (χ4n) is 2.96. The van der Waals surface area contributed by atoms with Gasteiger partial charge in [0.05, 0.1) is 18.4 Å². The predicted molar refractivity (Wildman–Crippen MR) is 86.6 cm³/mol. The van der Waals surface area contributed by atoms with Crippen molar-refractivity contribution < 1.29 is 13.6 Å². The maximum atomic E-state index is 13.8. The number of hydrogen-bond acceptors (Lipinski definition) is 3. The van der Waals surface area contributed by atoms with Gasteiger partial charge < -0.3 is 14.8 Å². The van der Waals surface area contributed by atoms with E-state index in [0.29, 0.717) is 13.0 Å². The number of imidazole rings is 1. The Balaban J connectivity index is 1.60. The van der Waals surface area contributed by atoms with Gasteiger partial charge in [0.15, 0.2) is 11.6 Å². The zero-order valence-corrected chi connectivity index (χ0v) is 13.9. The van der Waals surface area contributed by atoms with Crippen LogP contribution < -0.4 is 10.2 Å². The first-order valence-corrected chi connectivity index (χ1v) is 7.79. The van der Waals surface area contributed by atoms with Crippen LogP contribution in [0.15, 0.2) is 24.4 Å². The van der Waals surface area contributed by atoms with Crippen LogP contribution in [0.3, 0.4) is 0 Å². The lowest BCUT2D eigenvalue weighted by Gasteiger charge is -2.13. The Morgan fingerprint density at radius 1 is 1.42 bits per heavy atom. The molecule has 2 aromatic rings. The first-order chi connectivity index (χ1) is 11.4. The van der Waals surface area contributed by atoms with E-state index in [1.807, 2.05) is 30.6 Å². The van der Waals surface area contributed by atoms with Crippen molar-refractivity contribution in [1.82, 2.24) is 14.9 Å². The molecule has 128 valence electrons. The van der Waals surface area contributed by atoms with Crippen molar-refractivity contribution in [2.24, 2.45) is 13.0 Å². The lowest BCUT2D eigenvalue weighted by atomic mass is 10.1. The van der Waals surface area contributed by atoms with Gasteiger partial charge in [-0.25, -0.2) is 13.8 Å². The molecule has 24 heavy (non-hydrogen) atoms. The van der Waals surface area contributed by atoms with Crippen LogP contribution in [0, 0.1) is 17.6 Å². The first kappa shape index (κ1) is 16.4. The van der Waals surface area contributed by atoms with E-state index in [2.05, 4.69) is 10.3 Å². The topological polar surface area (TPSA) is 50.2 Å². The van der Waals surface area contributed by atoms with Gasteiger partial charge in [-0.3, -0.25) is 4.79 Å². The molecular weight excluding hydrogens is 314 g/mol. The Bertz CT molecular complexity index is 772. The second-order valence-electron chi connectivity index (χ2n) is 6.31. The molecule has 1 aliphatic carbocycles. The average Bonchev–Trinajstić information content (AvgIpc) is 3.24. The number of nitrogens with one attached hydrogen (secondary N) is 1. The largest absolute Gasteiger partial charge is 0.350 e. The lowest BCUT2D eigenvalue weighted by Crippen LogP contribution is -2.26. The molecule has 7 heteroatoms. The van der Waals surface area contributed by atoms with Crippen LogP contribution in [0.1, 0.15) is 23.6 Å². The van der Waals surface area contributed by atoms with Gasteiger partial charge in [0, 0.05) is 27.1 Å². The zero-order chi connectivity index (χ0) is 17.4. The molecule has 0 spiro atoms. The third-order valence-corrected chi connectivity index (χ3v) is 4.41. The third-order valence-electron chi connectivity index (χ3n) is 4.41. The molecule has 1 aromatic heterocycles. The van der Waals surface area contributed by atoms with Crippen LogP contribution >= 0.6 is 0 Å². The number of hydrogen-bond donors (Lipinski definition) is 1. The van der Waals surface area contributed by atoms with E-state index in [1.165, 1.54) is 6.07 Å². The monoisotopic (exact) mass is 334 g/mol. The minimum absolute atomic E-state index is 0.142. The number of rotatable bonds is 5. The fourth-order valence-corrected chi connectivity index (χ4v) is 2.96. The molecule has 0 saturated heterocycles. The summed E-state index contributed by atoms with van der Waals surface area (Å²) in [5, 5.41) is 2.85. The smallest absolute Gasteiger partial charge is 0.224 e. The molecule has 1 amide bonds. The number of carbonyl (C=O) groups is 1. The standard InChI is InChI=1S/C17H20F2N4O/c1-22(2)17-21-9-10(23(17)3)8-20-16(24)13-7-12(13)11-5-4-6-14(18)15(11)19/h4-6,9,12-13H,7-8H2,1-3H3,(H,20,24). The van der Waals surface area contributed by atoms with Crippen LogP contribution in [-0.4, -0.2) is 29.6 Å². The summed E-state index contributed by atoms with van der Waals surface area (Å²) in [6.07, 6.45) is 2.26. The van der Waals surface area contributed by atoms with Gasteiger partial charge in [-0.2, -0.15) is 0 Å². The second kappa shape index (κ2) is 6.22. The Labute approximate surface area is 139 Å². The van der Waals surface area contributed by atoms with Crippen molar-refractivity contribution in [2.45, 2.75) is 18.9 Å². The molecule has 3 rings (SSSR count). The highest BCUT2D eigenvalue weighted by molar-refractivity contribution is 5.82. The number of amides is 1. The van der Waals surface area contributed by atoms with E-state index < -0.39 is 11.6 Å². The van der Waals surface area contributed by atoms with Gasteiger partial charge in [0.25, 0.3) is 0 Å². The van der Waals surface area contributed by atoms with Crippen LogP contribution in [0.2, 0.25) is 0 Å². The molecule has 1 heterocycles. The highest BCUT2D eigenvalue weighted by atomic mass is 19.2. The van der Waals surface area contributed by atoms with Crippen molar-refractivity contribution in [3.8, 4) is 0 Å². The summed E-state index contributed by atoms with van der Waals surface area (Å²) >= 11 is 0. The highest BCUT2D eigenvalue weighted by Gasteiger charge is 2.45. The summed E-state index contributed by atoms with van der Waals surface area (Å²) in [6.45, 7) is 0.352. The molecule has 0 radical (unpaired) electrons. The lowest BCUT2D eigenvalue weighted by molar-refractivity contribution is -0.122. The average molecular weight is 334 g/mol. The van der Waals surface area contributed by atoms with Crippen molar-refractivity contribution in [3.05, 3.63) is 47.3 Å². The fraction of sp³-hybridized carbons (Fsp3) is 0.412. The molecule has 1 aliphatic rings. The molecule has 1 N–H and O–H groups in total. The summed E-state index contributed by atoms with van der Waals surface area (Å²) in [5.74, 6) is -1.61. The molecule has 2 unspecified atom stereocenters. The van der Waals surface area contributed by atoms with Crippen molar-refractivity contribution in [3.63, 3.8) is 0 Å². The predicted octanol–water partition coefficient (Wildman–Crippen LogP) is 2.18. The maximum Gasteiger partial charge on any atom is 0.224 e. The van der Waals surface area contributed by atoms with Crippen LogP contribution in [0.5, 0.6) is 0 Å². The normalized spacial score (nSPS) is 19.2. The Kier molecular flexibility index (Phi) is 4.26. The highest BCUT2D eigenvalue weighted by Crippen LogP contribution is 2.48. The minimum atomic E-state index is -0.871. The number of anilines is 1. The Hall–Kier alpha value is -2.44. The van der Waals surface area contributed by atoms with Crippen molar-refractivity contribution in [2.75, 3.05) is 19.0 Å². The SMILES string of the molecule is CN(C)c1ncc(CNC(=O)C2CC2c2cccc(F)c2F)n1C. The molecule has 1 aromatic carbocycles. The first-order valence-electron chi connectivity index (χ1n) is 7.79. The van der Waals surface area contributed by atoms with E-state index >= 15 is 0 Å². The van der Waals surface area contributed by atoms with E-state index in [1.54, 1.807) is 12.3 Å². The minimum Gasteiger partial charge on any atom is -0.350 e. The van der Waals surface area contributed by atoms with Gasteiger partial charge in [-0.15, -0.1) is 0 Å². The molecule has 2 atom stereocenters. The Morgan fingerprint density at radius 2 is 2.17 bits per heavy atom. The number of halogens is 2. The van der Waals surface area contributed by atoms with E-state index in [0.717, 1.165) is 17.7 Å². The molecule has 0 bridgehead atoms. The van der Waals surface area contributed by atoms with E-state index in [4.69, 9.17) is 0 Å². The number of nitrogens with zero attached hydrogens (tertiary/aromatic N) is 3. The molecule has 5 nitrogen and oxygen atoms in total. The van der Waals surface area contributed by atoms with Crippen LogP contribution in [0.25, 0.3) is 0 Å². The van der Waals surface area contributed by atoms with Crippen molar-refractivity contribution >= 4 is 11.9 Å².